The number of rotatable bonds is 6. The van der Waals surface area contributed by atoms with Crippen LogP contribution in [-0.4, -0.2) is 54.4 Å². The van der Waals surface area contributed by atoms with Gasteiger partial charge < -0.3 is 15.2 Å². The lowest BCUT2D eigenvalue weighted by Gasteiger charge is -2.26. The maximum atomic E-state index is 14.5. The van der Waals surface area contributed by atoms with Crippen LogP contribution in [0.3, 0.4) is 0 Å². The molecule has 2 aromatic carbocycles. The molecule has 1 saturated heterocycles. The quantitative estimate of drug-likeness (QED) is 0.515. The molecular formula is C23H22BrF2N3O2. The van der Waals surface area contributed by atoms with Crippen molar-refractivity contribution in [2.75, 3.05) is 44.7 Å². The summed E-state index contributed by atoms with van der Waals surface area (Å²) in [7, 11) is 0. The fraction of sp³-hybridized carbons (Fsp3) is 0.261. The largest absolute Gasteiger partial charge is 0.507 e. The van der Waals surface area contributed by atoms with Crippen molar-refractivity contribution in [2.24, 2.45) is 0 Å². The number of anilines is 1. The van der Waals surface area contributed by atoms with Gasteiger partial charge in [0.05, 0.1) is 18.9 Å². The Bertz CT molecular complexity index is 1050. The van der Waals surface area contributed by atoms with Gasteiger partial charge in [0.15, 0.2) is 11.6 Å². The summed E-state index contributed by atoms with van der Waals surface area (Å²) < 4.78 is 34.5. The van der Waals surface area contributed by atoms with Gasteiger partial charge in [0.2, 0.25) is 0 Å². The third-order valence-corrected chi connectivity index (χ3v) is 5.65. The van der Waals surface area contributed by atoms with Gasteiger partial charge in [-0.05, 0) is 42.0 Å². The van der Waals surface area contributed by atoms with E-state index < -0.39 is 11.6 Å². The highest BCUT2D eigenvalue weighted by Gasteiger charge is 2.15. The van der Waals surface area contributed by atoms with E-state index in [-0.39, 0.29) is 11.3 Å². The second-order valence-electron chi connectivity index (χ2n) is 7.27. The molecule has 4 rings (SSSR count). The fourth-order valence-electron chi connectivity index (χ4n) is 3.52. The van der Waals surface area contributed by atoms with Crippen LogP contribution in [0.1, 0.15) is 0 Å². The van der Waals surface area contributed by atoms with Crippen LogP contribution in [-0.2, 0) is 4.74 Å². The van der Waals surface area contributed by atoms with E-state index in [0.717, 1.165) is 43.4 Å². The summed E-state index contributed by atoms with van der Waals surface area (Å²) in [6, 6.07) is 12.4. The van der Waals surface area contributed by atoms with E-state index in [4.69, 9.17) is 4.74 Å². The highest BCUT2D eigenvalue weighted by molar-refractivity contribution is 9.10. The molecule has 1 aromatic heterocycles. The summed E-state index contributed by atoms with van der Waals surface area (Å²) in [4.78, 5) is 6.90. The van der Waals surface area contributed by atoms with Crippen LogP contribution in [0.2, 0.25) is 0 Å². The summed E-state index contributed by atoms with van der Waals surface area (Å²) in [6.45, 7) is 4.63. The zero-order valence-electron chi connectivity index (χ0n) is 16.7. The Hall–Kier alpha value is -2.55. The number of pyridine rings is 1. The van der Waals surface area contributed by atoms with Crippen molar-refractivity contribution in [1.82, 2.24) is 9.88 Å². The van der Waals surface area contributed by atoms with Gasteiger partial charge in [-0.1, -0.05) is 28.1 Å². The number of ether oxygens (including phenoxy) is 1. The van der Waals surface area contributed by atoms with E-state index in [0.29, 0.717) is 29.2 Å². The average Bonchev–Trinajstić information content (AvgIpc) is 2.78. The predicted octanol–water partition coefficient (Wildman–Crippen LogP) is 4.91. The molecule has 0 bridgehead atoms. The molecule has 0 aliphatic carbocycles. The number of phenols is 1. The first-order valence-corrected chi connectivity index (χ1v) is 10.8. The van der Waals surface area contributed by atoms with Gasteiger partial charge in [-0.3, -0.25) is 4.90 Å². The van der Waals surface area contributed by atoms with Gasteiger partial charge >= 0.3 is 0 Å². The minimum absolute atomic E-state index is 0.0480. The van der Waals surface area contributed by atoms with Crippen LogP contribution >= 0.6 is 15.9 Å². The Morgan fingerprint density at radius 2 is 1.87 bits per heavy atom. The third kappa shape index (κ3) is 5.20. The standard InChI is InChI=1S/C23H22BrF2N3O2/c24-16-4-5-21(30)18(14-16)20-12-15(17-2-1-3-19(25)23(17)26)13-22(28-20)27-6-7-29-8-10-31-11-9-29/h1-5,12-14,30H,6-11H2,(H,27,28). The first-order chi connectivity index (χ1) is 15.0. The molecule has 3 aromatic rings. The minimum atomic E-state index is -0.919. The van der Waals surface area contributed by atoms with Crippen molar-refractivity contribution in [3.63, 3.8) is 0 Å². The number of aromatic hydroxyl groups is 1. The van der Waals surface area contributed by atoms with Crippen molar-refractivity contribution in [2.45, 2.75) is 0 Å². The Labute approximate surface area is 187 Å². The van der Waals surface area contributed by atoms with E-state index in [9.17, 15) is 13.9 Å². The van der Waals surface area contributed by atoms with Crippen LogP contribution in [0.25, 0.3) is 22.4 Å². The second kappa shape index (κ2) is 9.72. The molecule has 0 radical (unpaired) electrons. The Morgan fingerprint density at radius 1 is 1.06 bits per heavy atom. The molecule has 0 atom stereocenters. The molecule has 0 amide bonds. The lowest BCUT2D eigenvalue weighted by atomic mass is 10.0. The number of benzene rings is 2. The summed E-state index contributed by atoms with van der Waals surface area (Å²) >= 11 is 3.40. The Balaban J connectivity index is 1.68. The van der Waals surface area contributed by atoms with Crippen LogP contribution < -0.4 is 5.32 Å². The zero-order chi connectivity index (χ0) is 21.8. The van der Waals surface area contributed by atoms with Gasteiger partial charge in [0.25, 0.3) is 0 Å². The van der Waals surface area contributed by atoms with E-state index in [1.165, 1.54) is 12.1 Å². The van der Waals surface area contributed by atoms with Crippen molar-refractivity contribution in [1.29, 1.82) is 0 Å². The van der Waals surface area contributed by atoms with Crippen LogP contribution in [0, 0.1) is 11.6 Å². The van der Waals surface area contributed by atoms with Crippen molar-refractivity contribution in [3.8, 4) is 28.1 Å². The first kappa shape index (κ1) is 21.7. The monoisotopic (exact) mass is 489 g/mol. The van der Waals surface area contributed by atoms with Gasteiger partial charge in [-0.15, -0.1) is 0 Å². The number of hydrogen-bond acceptors (Lipinski definition) is 5. The zero-order valence-corrected chi connectivity index (χ0v) is 18.3. The highest BCUT2D eigenvalue weighted by atomic mass is 79.9. The lowest BCUT2D eigenvalue weighted by Crippen LogP contribution is -2.39. The number of morpholine rings is 1. The van der Waals surface area contributed by atoms with Crippen molar-refractivity contribution in [3.05, 3.63) is 64.6 Å². The number of nitrogens with zero attached hydrogens (tertiary/aromatic N) is 2. The smallest absolute Gasteiger partial charge is 0.166 e. The van der Waals surface area contributed by atoms with Crippen LogP contribution in [0.4, 0.5) is 14.6 Å². The summed E-state index contributed by atoms with van der Waals surface area (Å²) in [5.74, 6) is -1.27. The molecule has 31 heavy (non-hydrogen) atoms. The maximum Gasteiger partial charge on any atom is 0.166 e. The first-order valence-electron chi connectivity index (χ1n) is 10.0. The third-order valence-electron chi connectivity index (χ3n) is 5.16. The van der Waals surface area contributed by atoms with Crippen LogP contribution in [0.5, 0.6) is 5.75 Å². The molecule has 0 saturated carbocycles. The number of nitrogens with one attached hydrogen (secondary N) is 1. The molecule has 0 spiro atoms. The Kier molecular flexibility index (Phi) is 6.80. The van der Waals surface area contributed by atoms with E-state index in [1.54, 1.807) is 30.3 Å². The number of halogens is 3. The lowest BCUT2D eigenvalue weighted by molar-refractivity contribution is 0.0398. The Morgan fingerprint density at radius 3 is 2.68 bits per heavy atom. The molecule has 1 fully saturated rings. The summed E-state index contributed by atoms with van der Waals surface area (Å²) in [5.41, 5.74) is 1.54. The normalized spacial score (nSPS) is 14.5. The number of aromatic nitrogens is 1. The van der Waals surface area contributed by atoms with E-state index >= 15 is 0 Å². The number of phenolic OH excluding ortho intramolecular Hbond substituents is 1. The van der Waals surface area contributed by atoms with Crippen molar-refractivity contribution >= 4 is 21.7 Å². The molecule has 2 N–H and O–H groups in total. The molecule has 2 heterocycles. The SMILES string of the molecule is Oc1ccc(Br)cc1-c1cc(-c2cccc(F)c2F)cc(NCCN2CCOCC2)n1. The van der Waals surface area contributed by atoms with Gasteiger partial charge in [0.1, 0.15) is 11.6 Å². The summed E-state index contributed by atoms with van der Waals surface area (Å²) in [6.07, 6.45) is 0. The van der Waals surface area contributed by atoms with Gasteiger partial charge in [-0.25, -0.2) is 13.8 Å². The highest BCUT2D eigenvalue weighted by Crippen LogP contribution is 2.35. The molecule has 1 aliphatic rings. The molecule has 0 unspecified atom stereocenters. The van der Waals surface area contributed by atoms with E-state index in [1.807, 2.05) is 0 Å². The second-order valence-corrected chi connectivity index (χ2v) is 8.19. The maximum absolute atomic E-state index is 14.5. The molecule has 5 nitrogen and oxygen atoms in total. The average molecular weight is 490 g/mol. The predicted molar refractivity (Wildman–Crippen MR) is 120 cm³/mol. The number of hydrogen-bond donors (Lipinski definition) is 2. The summed E-state index contributed by atoms with van der Waals surface area (Å²) in [5, 5.41) is 13.6. The molecule has 162 valence electrons. The van der Waals surface area contributed by atoms with Crippen molar-refractivity contribution < 1.29 is 18.6 Å². The van der Waals surface area contributed by atoms with Gasteiger partial charge in [-0.2, -0.15) is 0 Å². The van der Waals surface area contributed by atoms with E-state index in [2.05, 4.69) is 31.1 Å². The fourth-order valence-corrected chi connectivity index (χ4v) is 3.88. The molecule has 1 aliphatic heterocycles. The molecule has 8 heteroatoms. The van der Waals surface area contributed by atoms with Gasteiger partial charge in [0, 0.05) is 41.8 Å². The van der Waals surface area contributed by atoms with Crippen LogP contribution in [0.15, 0.2) is 53.0 Å². The minimum Gasteiger partial charge on any atom is -0.507 e. The topological polar surface area (TPSA) is 57.6 Å². The molecular weight excluding hydrogens is 468 g/mol.